The molecule has 0 saturated carbocycles. The van der Waals surface area contributed by atoms with Crippen LogP contribution in [-0.4, -0.2) is 38.8 Å². The molecule has 0 spiro atoms. The van der Waals surface area contributed by atoms with Crippen LogP contribution in [0, 0.1) is 0 Å². The van der Waals surface area contributed by atoms with Gasteiger partial charge in [0.05, 0.1) is 26.2 Å². The molecule has 3 nitrogen and oxygen atoms in total. The third kappa shape index (κ3) is 3.12. The number of piperazine rings is 1. The van der Waals surface area contributed by atoms with Gasteiger partial charge < -0.3 is 15.5 Å². The van der Waals surface area contributed by atoms with Crippen LogP contribution in [0.1, 0.15) is 6.92 Å². The Morgan fingerprint density at radius 3 is 2.71 bits per heavy atom. The fourth-order valence-electron chi connectivity index (χ4n) is 2.42. The molecule has 0 radical (unpaired) electrons. The van der Waals surface area contributed by atoms with Crippen molar-refractivity contribution in [1.29, 1.82) is 0 Å². The zero-order chi connectivity index (χ0) is 12.3. The van der Waals surface area contributed by atoms with Crippen LogP contribution < -0.4 is 15.5 Å². The Morgan fingerprint density at radius 1 is 1.41 bits per heavy atom. The molecule has 0 aromatic heterocycles. The first-order valence-corrected chi connectivity index (χ1v) is 6.73. The molecule has 0 unspecified atom stereocenters. The van der Waals surface area contributed by atoms with E-state index in [0.717, 1.165) is 24.7 Å². The van der Waals surface area contributed by atoms with Gasteiger partial charge in [-0.3, -0.25) is 0 Å². The van der Waals surface area contributed by atoms with Crippen molar-refractivity contribution in [1.82, 2.24) is 0 Å². The quantitative estimate of drug-likeness (QED) is 0.763. The summed E-state index contributed by atoms with van der Waals surface area (Å²) < 4.78 is 0. The van der Waals surface area contributed by atoms with Gasteiger partial charge in [-0.05, 0) is 25.1 Å². The number of nitrogens with one attached hydrogen (secondary N) is 1. The van der Waals surface area contributed by atoms with Gasteiger partial charge in [0, 0.05) is 10.7 Å². The van der Waals surface area contributed by atoms with Crippen LogP contribution in [0.3, 0.4) is 0 Å². The van der Waals surface area contributed by atoms with Crippen LogP contribution in [-0.2, 0) is 0 Å². The Labute approximate surface area is 108 Å². The first-order chi connectivity index (χ1) is 8.20. The molecule has 17 heavy (non-hydrogen) atoms. The third-order valence-corrected chi connectivity index (χ3v) is 3.94. The zero-order valence-corrected chi connectivity index (χ0v) is 11.2. The van der Waals surface area contributed by atoms with Gasteiger partial charge in [0.2, 0.25) is 0 Å². The number of halogens is 1. The van der Waals surface area contributed by atoms with Crippen LogP contribution in [0.15, 0.2) is 24.3 Å². The molecule has 2 rings (SSSR count). The van der Waals surface area contributed by atoms with Crippen molar-refractivity contribution in [2.24, 2.45) is 0 Å². The lowest BCUT2D eigenvalue weighted by atomic mass is 10.2. The first-order valence-electron chi connectivity index (χ1n) is 6.35. The normalized spacial score (nSPS) is 19.4. The highest BCUT2D eigenvalue weighted by atomic mass is 35.5. The molecule has 1 aliphatic rings. The molecule has 1 aliphatic heterocycles. The lowest BCUT2D eigenvalue weighted by Gasteiger charge is -2.35. The monoisotopic (exact) mass is 255 g/mol. The topological polar surface area (TPSA) is 35.3 Å². The van der Waals surface area contributed by atoms with E-state index in [-0.39, 0.29) is 0 Å². The summed E-state index contributed by atoms with van der Waals surface area (Å²) in [5, 5.41) is 0.823. The number of anilines is 1. The summed E-state index contributed by atoms with van der Waals surface area (Å²) in [5.74, 6) is 0. The van der Waals surface area contributed by atoms with Gasteiger partial charge >= 0.3 is 0 Å². The Morgan fingerprint density at radius 2 is 2.12 bits per heavy atom. The largest absolute Gasteiger partial charge is 0.360 e. The third-order valence-electron chi connectivity index (χ3n) is 3.71. The minimum atomic E-state index is 0.677. The number of hydrogen-bond acceptors (Lipinski definition) is 1. The van der Waals surface area contributed by atoms with Crippen molar-refractivity contribution in [3.05, 3.63) is 29.3 Å². The summed E-state index contributed by atoms with van der Waals surface area (Å²) in [4.78, 5) is 4.10. The van der Waals surface area contributed by atoms with Crippen LogP contribution in [0.5, 0.6) is 0 Å². The van der Waals surface area contributed by atoms with E-state index in [1.54, 1.807) is 4.90 Å². The maximum absolute atomic E-state index is 6.03. The number of hydrogen-bond donors (Lipinski definition) is 2. The van der Waals surface area contributed by atoms with E-state index >= 15 is 0 Å². The average Bonchev–Trinajstić information content (AvgIpc) is 2.38. The minimum absolute atomic E-state index is 0.677. The summed E-state index contributed by atoms with van der Waals surface area (Å²) in [5.41, 5.74) is 5.25. The standard InChI is InChI=1S/C13H20ClN3/c1-11(10-15)16-5-7-17(8-6-16)13-4-2-3-12(14)9-13/h2-4,9,11H,5-8,10,15H2,1H3/p+2/t11-/m1/s1. The Hall–Kier alpha value is -0.770. The minimum Gasteiger partial charge on any atom is -0.360 e. The summed E-state index contributed by atoms with van der Waals surface area (Å²) in [6.45, 7) is 7.93. The van der Waals surface area contributed by atoms with Gasteiger partial charge in [0.25, 0.3) is 0 Å². The van der Waals surface area contributed by atoms with Crippen molar-refractivity contribution in [2.75, 3.05) is 37.6 Å². The number of rotatable bonds is 3. The van der Waals surface area contributed by atoms with Gasteiger partial charge in [-0.25, -0.2) is 0 Å². The molecule has 1 atom stereocenters. The second-order valence-electron chi connectivity index (χ2n) is 4.81. The van der Waals surface area contributed by atoms with E-state index in [9.17, 15) is 0 Å². The van der Waals surface area contributed by atoms with Crippen molar-refractivity contribution in [2.45, 2.75) is 13.0 Å². The highest BCUT2D eigenvalue weighted by Gasteiger charge is 2.24. The lowest BCUT2D eigenvalue weighted by Crippen LogP contribution is -3.19. The number of nitrogens with zero attached hydrogens (tertiary/aromatic N) is 1. The van der Waals surface area contributed by atoms with E-state index in [1.807, 2.05) is 12.1 Å². The maximum atomic E-state index is 6.03. The molecule has 0 aliphatic carbocycles. The van der Waals surface area contributed by atoms with Crippen LogP contribution in [0.4, 0.5) is 5.69 Å². The predicted octanol–water partition coefficient (Wildman–Crippen LogP) is -0.325. The van der Waals surface area contributed by atoms with E-state index in [4.69, 9.17) is 11.6 Å². The molecule has 1 heterocycles. The van der Waals surface area contributed by atoms with Crippen molar-refractivity contribution in [3.8, 4) is 0 Å². The summed E-state index contributed by atoms with van der Waals surface area (Å²) >= 11 is 6.03. The van der Waals surface area contributed by atoms with Crippen LogP contribution in [0.25, 0.3) is 0 Å². The Kier molecular flexibility index (Phi) is 4.26. The van der Waals surface area contributed by atoms with Gasteiger partial charge in [0.1, 0.15) is 12.6 Å². The van der Waals surface area contributed by atoms with Crippen molar-refractivity contribution < 1.29 is 10.6 Å². The average molecular weight is 256 g/mol. The Balaban J connectivity index is 1.95. The smallest absolute Gasteiger partial charge is 0.134 e. The molecular weight excluding hydrogens is 234 g/mol. The molecule has 4 N–H and O–H groups in total. The first kappa shape index (κ1) is 12.7. The summed E-state index contributed by atoms with van der Waals surface area (Å²) in [6, 6.07) is 8.82. The van der Waals surface area contributed by atoms with Gasteiger partial charge in [0.15, 0.2) is 0 Å². The predicted molar refractivity (Wildman–Crippen MR) is 71.6 cm³/mol. The van der Waals surface area contributed by atoms with Crippen molar-refractivity contribution in [3.63, 3.8) is 0 Å². The molecule has 0 amide bonds. The van der Waals surface area contributed by atoms with E-state index in [0.29, 0.717) is 6.04 Å². The summed E-state index contributed by atoms with van der Waals surface area (Å²) in [6.07, 6.45) is 0. The fraction of sp³-hybridized carbons (Fsp3) is 0.538. The zero-order valence-electron chi connectivity index (χ0n) is 10.5. The van der Waals surface area contributed by atoms with Gasteiger partial charge in [-0.1, -0.05) is 17.7 Å². The van der Waals surface area contributed by atoms with Gasteiger partial charge in [-0.2, -0.15) is 0 Å². The highest BCUT2D eigenvalue weighted by molar-refractivity contribution is 6.30. The van der Waals surface area contributed by atoms with E-state index < -0.39 is 0 Å². The maximum Gasteiger partial charge on any atom is 0.134 e. The number of quaternary nitrogens is 2. The molecule has 94 valence electrons. The molecule has 1 saturated heterocycles. The molecule has 1 aromatic carbocycles. The molecule has 4 heteroatoms. The van der Waals surface area contributed by atoms with Crippen LogP contribution in [0.2, 0.25) is 5.02 Å². The van der Waals surface area contributed by atoms with E-state index in [2.05, 4.69) is 29.7 Å². The Bertz CT molecular complexity index is 361. The van der Waals surface area contributed by atoms with Crippen molar-refractivity contribution >= 4 is 17.3 Å². The molecular formula is C13H22ClN3+2. The SMILES string of the molecule is C[C@H](C[NH3+])[NH+]1CCN(c2cccc(Cl)c2)CC1. The van der Waals surface area contributed by atoms with Gasteiger partial charge in [-0.15, -0.1) is 0 Å². The molecule has 0 bridgehead atoms. The summed E-state index contributed by atoms with van der Waals surface area (Å²) in [7, 11) is 0. The van der Waals surface area contributed by atoms with Crippen LogP contribution >= 0.6 is 11.6 Å². The number of benzene rings is 1. The molecule has 1 aromatic rings. The second-order valence-corrected chi connectivity index (χ2v) is 5.25. The van der Waals surface area contributed by atoms with E-state index in [1.165, 1.54) is 18.8 Å². The fourth-order valence-corrected chi connectivity index (χ4v) is 2.61. The molecule has 1 fully saturated rings. The lowest BCUT2D eigenvalue weighted by molar-refractivity contribution is -0.929. The second kappa shape index (κ2) is 5.71. The highest BCUT2D eigenvalue weighted by Crippen LogP contribution is 2.19.